The number of carbonyl (C=O) groups is 3. The van der Waals surface area contributed by atoms with E-state index < -0.39 is 48.6 Å². The van der Waals surface area contributed by atoms with Gasteiger partial charge < -0.3 is 9.88 Å². The van der Waals surface area contributed by atoms with E-state index >= 15 is 0 Å². The van der Waals surface area contributed by atoms with Crippen LogP contribution in [0.2, 0.25) is 0 Å². The number of aromatic nitrogens is 2. The molecule has 2 aromatic rings. The molecular formula is C20H20F2N4O3. The van der Waals surface area contributed by atoms with Gasteiger partial charge in [0.15, 0.2) is 5.82 Å². The van der Waals surface area contributed by atoms with Gasteiger partial charge in [0.25, 0.3) is 5.91 Å². The number of rotatable bonds is 4. The zero-order valence-electron chi connectivity index (χ0n) is 15.8. The maximum Gasteiger partial charge on any atom is 0.325 e. The van der Waals surface area contributed by atoms with Crippen LogP contribution in [0.1, 0.15) is 36.3 Å². The van der Waals surface area contributed by atoms with E-state index in [0.29, 0.717) is 0 Å². The minimum absolute atomic E-state index is 0.112. The van der Waals surface area contributed by atoms with E-state index in [-0.39, 0.29) is 18.7 Å². The normalized spacial score (nSPS) is 20.2. The standard InChI is InChI=1S/C20H20F2N4O3/c1-25-14(13-5-3-2-4-6-13)11-23-16(25)15(27)12-26-17(28)19(24-18(26)29)7-9-20(21,22)10-8-19/h2-6,11H,7-10,12H2,1H3,(H,24,29). The van der Waals surface area contributed by atoms with Gasteiger partial charge in [-0.25, -0.2) is 18.6 Å². The molecule has 2 fully saturated rings. The number of alkyl halides is 2. The van der Waals surface area contributed by atoms with Crippen molar-refractivity contribution in [2.45, 2.75) is 37.1 Å². The minimum Gasteiger partial charge on any atom is -0.325 e. The maximum atomic E-state index is 13.5. The highest BCUT2D eigenvalue weighted by Gasteiger charge is 2.55. The molecule has 1 aliphatic heterocycles. The van der Waals surface area contributed by atoms with Gasteiger partial charge in [-0.1, -0.05) is 30.3 Å². The Labute approximate surface area is 165 Å². The van der Waals surface area contributed by atoms with Crippen LogP contribution in [-0.4, -0.2) is 50.2 Å². The summed E-state index contributed by atoms with van der Waals surface area (Å²) in [5, 5.41) is 2.53. The molecule has 0 bridgehead atoms. The molecule has 2 heterocycles. The molecule has 1 saturated heterocycles. The lowest BCUT2D eigenvalue weighted by Crippen LogP contribution is -2.51. The van der Waals surface area contributed by atoms with Crippen molar-refractivity contribution in [2.75, 3.05) is 6.54 Å². The summed E-state index contributed by atoms with van der Waals surface area (Å²) in [6.07, 6.45) is 0.325. The van der Waals surface area contributed by atoms with Crippen molar-refractivity contribution in [3.8, 4) is 11.3 Å². The van der Waals surface area contributed by atoms with Gasteiger partial charge in [-0.2, -0.15) is 0 Å². The van der Waals surface area contributed by atoms with E-state index in [1.165, 1.54) is 0 Å². The van der Waals surface area contributed by atoms with Crippen LogP contribution in [0.3, 0.4) is 0 Å². The van der Waals surface area contributed by atoms with Gasteiger partial charge in [-0.05, 0) is 18.4 Å². The molecule has 7 nitrogen and oxygen atoms in total. The Morgan fingerprint density at radius 2 is 1.79 bits per heavy atom. The molecule has 9 heteroatoms. The molecule has 1 aromatic heterocycles. The van der Waals surface area contributed by atoms with Crippen molar-refractivity contribution in [3.05, 3.63) is 42.4 Å². The first kappa shape index (κ1) is 19.2. The maximum absolute atomic E-state index is 13.5. The summed E-state index contributed by atoms with van der Waals surface area (Å²) in [6.45, 7) is -0.484. The van der Waals surface area contributed by atoms with Crippen LogP contribution >= 0.6 is 0 Å². The summed E-state index contributed by atoms with van der Waals surface area (Å²) >= 11 is 0. The smallest absolute Gasteiger partial charge is 0.325 e. The van der Waals surface area contributed by atoms with Gasteiger partial charge >= 0.3 is 6.03 Å². The Morgan fingerprint density at radius 3 is 2.45 bits per heavy atom. The summed E-state index contributed by atoms with van der Waals surface area (Å²) in [4.78, 5) is 42.8. The molecule has 4 rings (SSSR count). The van der Waals surface area contributed by atoms with Crippen molar-refractivity contribution in [2.24, 2.45) is 7.05 Å². The molecule has 1 aliphatic carbocycles. The minimum atomic E-state index is -2.83. The number of nitrogens with one attached hydrogen (secondary N) is 1. The van der Waals surface area contributed by atoms with E-state index in [1.807, 2.05) is 30.3 Å². The molecule has 1 aromatic carbocycles. The zero-order valence-corrected chi connectivity index (χ0v) is 15.8. The first-order valence-corrected chi connectivity index (χ1v) is 9.35. The summed E-state index contributed by atoms with van der Waals surface area (Å²) in [5.41, 5.74) is 0.256. The van der Waals surface area contributed by atoms with Crippen LogP contribution in [0.5, 0.6) is 0 Å². The number of ketones is 1. The SMILES string of the molecule is Cn1c(-c2ccccc2)cnc1C(=O)CN1C(=O)NC2(CCC(F)(F)CC2)C1=O. The second-order valence-corrected chi connectivity index (χ2v) is 7.57. The fourth-order valence-corrected chi connectivity index (χ4v) is 3.96. The van der Waals surface area contributed by atoms with Crippen LogP contribution in [-0.2, 0) is 11.8 Å². The average Bonchev–Trinajstić information content (AvgIpc) is 3.18. The number of Topliss-reactive ketones (excluding diaryl/α,β-unsaturated/α-hetero) is 1. The predicted octanol–water partition coefficient (Wildman–Crippen LogP) is 2.77. The third kappa shape index (κ3) is 3.30. The number of benzene rings is 1. The highest BCUT2D eigenvalue weighted by atomic mass is 19.3. The number of urea groups is 1. The summed E-state index contributed by atoms with van der Waals surface area (Å²) < 4.78 is 28.6. The molecule has 152 valence electrons. The van der Waals surface area contributed by atoms with Crippen LogP contribution in [0.4, 0.5) is 13.6 Å². The van der Waals surface area contributed by atoms with E-state index in [1.54, 1.807) is 17.8 Å². The van der Waals surface area contributed by atoms with Crippen LogP contribution < -0.4 is 5.32 Å². The molecule has 0 atom stereocenters. The quantitative estimate of drug-likeness (QED) is 0.630. The largest absolute Gasteiger partial charge is 0.325 e. The third-order valence-electron chi connectivity index (χ3n) is 5.69. The number of carbonyl (C=O) groups excluding carboxylic acids is 3. The van der Waals surface area contributed by atoms with Gasteiger partial charge in [0.05, 0.1) is 18.4 Å². The fourth-order valence-electron chi connectivity index (χ4n) is 3.96. The second kappa shape index (κ2) is 6.75. The number of halogens is 2. The van der Waals surface area contributed by atoms with E-state index in [4.69, 9.17) is 0 Å². The lowest BCUT2D eigenvalue weighted by molar-refractivity contribution is -0.135. The first-order chi connectivity index (χ1) is 13.7. The van der Waals surface area contributed by atoms with E-state index in [9.17, 15) is 23.2 Å². The van der Waals surface area contributed by atoms with Crippen molar-refractivity contribution in [3.63, 3.8) is 0 Å². The second-order valence-electron chi connectivity index (χ2n) is 7.57. The van der Waals surface area contributed by atoms with Crippen molar-refractivity contribution in [1.29, 1.82) is 0 Å². The Hall–Kier alpha value is -3.10. The van der Waals surface area contributed by atoms with Gasteiger partial charge in [-0.3, -0.25) is 14.5 Å². The molecule has 29 heavy (non-hydrogen) atoms. The Kier molecular flexibility index (Phi) is 4.48. The highest BCUT2D eigenvalue weighted by molar-refractivity contribution is 6.10. The number of nitrogens with zero attached hydrogens (tertiary/aromatic N) is 3. The molecule has 1 N–H and O–H groups in total. The number of imide groups is 1. The Balaban J connectivity index is 1.51. The predicted molar refractivity (Wildman–Crippen MR) is 99.4 cm³/mol. The van der Waals surface area contributed by atoms with Gasteiger partial charge in [-0.15, -0.1) is 0 Å². The van der Waals surface area contributed by atoms with Gasteiger partial charge in [0, 0.05) is 19.9 Å². The zero-order chi connectivity index (χ0) is 20.8. The van der Waals surface area contributed by atoms with Crippen LogP contribution in [0, 0.1) is 0 Å². The lowest BCUT2D eigenvalue weighted by Gasteiger charge is -2.34. The molecule has 1 spiro atoms. The number of amides is 3. The van der Waals surface area contributed by atoms with Gasteiger partial charge in [0.1, 0.15) is 5.54 Å². The number of hydrogen-bond donors (Lipinski definition) is 1. The molecule has 1 saturated carbocycles. The summed E-state index contributed by atoms with van der Waals surface area (Å²) in [7, 11) is 1.68. The highest BCUT2D eigenvalue weighted by Crippen LogP contribution is 2.41. The molecule has 3 amide bonds. The van der Waals surface area contributed by atoms with Crippen LogP contribution in [0.15, 0.2) is 36.5 Å². The Morgan fingerprint density at radius 1 is 1.14 bits per heavy atom. The molecule has 0 radical (unpaired) electrons. The molecular weight excluding hydrogens is 382 g/mol. The summed E-state index contributed by atoms with van der Waals surface area (Å²) in [6, 6.07) is 8.64. The summed E-state index contributed by atoms with van der Waals surface area (Å²) in [5.74, 6) is -3.85. The fraction of sp³-hybridized carbons (Fsp3) is 0.400. The third-order valence-corrected chi connectivity index (χ3v) is 5.69. The molecule has 0 unspecified atom stereocenters. The Bertz CT molecular complexity index is 977. The average molecular weight is 402 g/mol. The number of hydrogen-bond acceptors (Lipinski definition) is 4. The number of imidazole rings is 1. The van der Waals surface area contributed by atoms with Crippen molar-refractivity contribution in [1.82, 2.24) is 19.8 Å². The van der Waals surface area contributed by atoms with Crippen molar-refractivity contribution >= 4 is 17.7 Å². The van der Waals surface area contributed by atoms with Crippen molar-refractivity contribution < 1.29 is 23.2 Å². The first-order valence-electron chi connectivity index (χ1n) is 9.35. The monoisotopic (exact) mass is 402 g/mol. The topological polar surface area (TPSA) is 84.3 Å². The lowest BCUT2D eigenvalue weighted by atomic mass is 9.80. The van der Waals surface area contributed by atoms with Gasteiger partial charge in [0.2, 0.25) is 11.7 Å². The molecule has 2 aliphatic rings. The van der Waals surface area contributed by atoms with E-state index in [0.717, 1.165) is 16.2 Å². The van der Waals surface area contributed by atoms with E-state index in [2.05, 4.69) is 10.3 Å². The van der Waals surface area contributed by atoms with Crippen LogP contribution in [0.25, 0.3) is 11.3 Å².